The van der Waals surface area contributed by atoms with Gasteiger partial charge in [0.2, 0.25) is 5.91 Å². The third-order valence-electron chi connectivity index (χ3n) is 4.15. The summed E-state index contributed by atoms with van der Waals surface area (Å²) in [7, 11) is 0. The summed E-state index contributed by atoms with van der Waals surface area (Å²) < 4.78 is 5.27. The van der Waals surface area contributed by atoms with Crippen molar-refractivity contribution in [3.05, 3.63) is 28.8 Å². The summed E-state index contributed by atoms with van der Waals surface area (Å²) in [6.07, 6.45) is -0.148. The third kappa shape index (κ3) is 6.28. The first-order valence-corrected chi connectivity index (χ1v) is 8.66. The number of carboxylic acids is 1. The lowest BCUT2D eigenvalue weighted by Gasteiger charge is -2.27. The van der Waals surface area contributed by atoms with Gasteiger partial charge in [-0.15, -0.1) is 0 Å². The molecule has 1 fully saturated rings. The lowest BCUT2D eigenvalue weighted by atomic mass is 10.1. The van der Waals surface area contributed by atoms with E-state index in [2.05, 4.69) is 15.5 Å². The van der Waals surface area contributed by atoms with Crippen molar-refractivity contribution in [2.24, 2.45) is 0 Å². The van der Waals surface area contributed by atoms with Crippen LogP contribution < -0.4 is 10.6 Å². The van der Waals surface area contributed by atoms with Gasteiger partial charge in [0, 0.05) is 36.9 Å². The highest BCUT2D eigenvalue weighted by atomic mass is 35.5. The molecule has 7 nitrogen and oxygen atoms in total. The van der Waals surface area contributed by atoms with E-state index in [0.717, 1.165) is 25.2 Å². The largest absolute Gasteiger partial charge is 0.480 e. The molecule has 8 heteroatoms. The molecule has 1 amide bonds. The predicted molar refractivity (Wildman–Crippen MR) is 96.1 cm³/mol. The van der Waals surface area contributed by atoms with Crippen LogP contribution in [-0.4, -0.2) is 67.3 Å². The van der Waals surface area contributed by atoms with Gasteiger partial charge in [0.1, 0.15) is 6.04 Å². The van der Waals surface area contributed by atoms with Gasteiger partial charge in [0.15, 0.2) is 0 Å². The summed E-state index contributed by atoms with van der Waals surface area (Å²) in [6, 6.07) is 4.28. The highest BCUT2D eigenvalue weighted by Gasteiger charge is 2.21. The molecule has 0 bridgehead atoms. The Kier molecular flexibility index (Phi) is 7.64. The molecule has 1 aromatic rings. The molecule has 1 aliphatic heterocycles. The van der Waals surface area contributed by atoms with Crippen LogP contribution in [0.1, 0.15) is 12.0 Å². The number of hydrogen-bond acceptors (Lipinski definition) is 5. The van der Waals surface area contributed by atoms with E-state index in [1.54, 1.807) is 25.1 Å². The molecule has 1 heterocycles. The highest BCUT2D eigenvalue weighted by Crippen LogP contribution is 2.23. The van der Waals surface area contributed by atoms with Gasteiger partial charge in [-0.05, 0) is 24.6 Å². The van der Waals surface area contributed by atoms with Crippen molar-refractivity contribution in [2.75, 3.05) is 44.7 Å². The average Bonchev–Trinajstić information content (AvgIpc) is 2.59. The van der Waals surface area contributed by atoms with Gasteiger partial charge in [-0.3, -0.25) is 14.5 Å². The number of nitrogens with one attached hydrogen (secondary N) is 2. The quantitative estimate of drug-likeness (QED) is 0.641. The Labute approximate surface area is 152 Å². The van der Waals surface area contributed by atoms with Crippen molar-refractivity contribution in [1.82, 2.24) is 10.2 Å². The molecule has 0 unspecified atom stereocenters. The molecule has 1 aliphatic rings. The molecule has 3 N–H and O–H groups in total. The van der Waals surface area contributed by atoms with Crippen molar-refractivity contribution in [3.63, 3.8) is 0 Å². The molecule has 0 aromatic heterocycles. The minimum atomic E-state index is -1.04. The SMILES string of the molecule is Cc1c(Cl)cccc1NC(=O)C[C@@H](NCCN1CCOCC1)C(=O)O. The topological polar surface area (TPSA) is 90.9 Å². The molecule has 0 saturated carbocycles. The first kappa shape index (κ1) is 19.7. The Bertz CT molecular complexity index is 606. The molecule has 0 aliphatic carbocycles. The fraction of sp³-hybridized carbons (Fsp3) is 0.529. The van der Waals surface area contributed by atoms with E-state index in [1.165, 1.54) is 0 Å². The van der Waals surface area contributed by atoms with Gasteiger partial charge >= 0.3 is 5.97 Å². The molecule has 138 valence electrons. The van der Waals surface area contributed by atoms with Crippen LogP contribution in [0, 0.1) is 6.92 Å². The van der Waals surface area contributed by atoms with E-state index in [4.69, 9.17) is 16.3 Å². The molecule has 0 spiro atoms. The normalized spacial score (nSPS) is 16.4. The molecule has 25 heavy (non-hydrogen) atoms. The van der Waals surface area contributed by atoms with Crippen LogP contribution in [0.25, 0.3) is 0 Å². The monoisotopic (exact) mass is 369 g/mol. The van der Waals surface area contributed by atoms with E-state index in [1.807, 2.05) is 0 Å². The molecular formula is C17H24ClN3O4. The third-order valence-corrected chi connectivity index (χ3v) is 4.56. The Balaban J connectivity index is 1.82. The first-order chi connectivity index (χ1) is 12.0. The number of morpholine rings is 1. The number of rotatable bonds is 8. The molecule has 1 atom stereocenters. The second-order valence-corrected chi connectivity index (χ2v) is 6.37. The number of hydrogen-bond donors (Lipinski definition) is 3. The number of ether oxygens (including phenoxy) is 1. The van der Waals surface area contributed by atoms with Gasteiger partial charge in [-0.25, -0.2) is 0 Å². The minimum absolute atomic E-state index is 0.148. The van der Waals surface area contributed by atoms with Gasteiger partial charge in [0.25, 0.3) is 0 Å². The van der Waals surface area contributed by atoms with Gasteiger partial charge in [-0.2, -0.15) is 0 Å². The van der Waals surface area contributed by atoms with Crippen LogP contribution in [0.15, 0.2) is 18.2 Å². The van der Waals surface area contributed by atoms with Crippen LogP contribution in [0.5, 0.6) is 0 Å². The van der Waals surface area contributed by atoms with Crippen LogP contribution >= 0.6 is 11.6 Å². The highest BCUT2D eigenvalue weighted by molar-refractivity contribution is 6.31. The number of carbonyl (C=O) groups excluding carboxylic acids is 1. The second kappa shape index (κ2) is 9.72. The zero-order chi connectivity index (χ0) is 18.2. The number of anilines is 1. The van der Waals surface area contributed by atoms with Crippen molar-refractivity contribution in [3.8, 4) is 0 Å². The predicted octanol–water partition coefficient (Wildman–Crippen LogP) is 1.35. The Morgan fingerprint density at radius 3 is 2.76 bits per heavy atom. The molecular weight excluding hydrogens is 346 g/mol. The van der Waals surface area contributed by atoms with E-state index >= 15 is 0 Å². The summed E-state index contributed by atoms with van der Waals surface area (Å²) in [4.78, 5) is 25.8. The smallest absolute Gasteiger partial charge is 0.321 e. The number of halogens is 1. The summed E-state index contributed by atoms with van der Waals surface area (Å²) in [5.74, 6) is -1.41. The van der Waals surface area contributed by atoms with E-state index in [9.17, 15) is 14.7 Å². The molecule has 1 saturated heterocycles. The first-order valence-electron chi connectivity index (χ1n) is 8.28. The van der Waals surface area contributed by atoms with E-state index < -0.39 is 12.0 Å². The average molecular weight is 370 g/mol. The van der Waals surface area contributed by atoms with Crippen molar-refractivity contribution in [2.45, 2.75) is 19.4 Å². The lowest BCUT2D eigenvalue weighted by molar-refractivity contribution is -0.141. The second-order valence-electron chi connectivity index (χ2n) is 5.96. The number of nitrogens with zero attached hydrogens (tertiary/aromatic N) is 1. The van der Waals surface area contributed by atoms with Gasteiger partial charge in [0.05, 0.1) is 19.6 Å². The maximum Gasteiger partial charge on any atom is 0.321 e. The summed E-state index contributed by atoms with van der Waals surface area (Å²) in [6.45, 7) is 6.10. The van der Waals surface area contributed by atoms with E-state index in [0.29, 0.717) is 30.5 Å². The maximum atomic E-state index is 12.2. The molecule has 0 radical (unpaired) electrons. The Morgan fingerprint density at radius 1 is 1.36 bits per heavy atom. The zero-order valence-electron chi connectivity index (χ0n) is 14.3. The summed E-state index contributed by atoms with van der Waals surface area (Å²) in [5.41, 5.74) is 1.35. The van der Waals surface area contributed by atoms with Crippen molar-refractivity contribution >= 4 is 29.2 Å². The number of benzene rings is 1. The fourth-order valence-electron chi connectivity index (χ4n) is 2.60. The van der Waals surface area contributed by atoms with Crippen LogP contribution in [-0.2, 0) is 14.3 Å². The standard InChI is InChI=1S/C17H24ClN3O4/c1-12-13(18)3-2-4-14(12)20-16(22)11-15(17(23)24)19-5-6-21-7-9-25-10-8-21/h2-4,15,19H,5-11H2,1H3,(H,20,22)(H,23,24)/t15-/m1/s1. The summed E-state index contributed by atoms with van der Waals surface area (Å²) in [5, 5.41) is 15.5. The number of aliphatic carboxylic acids is 1. The summed E-state index contributed by atoms with van der Waals surface area (Å²) >= 11 is 6.02. The van der Waals surface area contributed by atoms with Crippen LogP contribution in [0.4, 0.5) is 5.69 Å². The van der Waals surface area contributed by atoms with Crippen molar-refractivity contribution in [1.29, 1.82) is 0 Å². The van der Waals surface area contributed by atoms with Crippen LogP contribution in [0.3, 0.4) is 0 Å². The number of carboxylic acid groups (broad SMARTS) is 1. The fourth-order valence-corrected chi connectivity index (χ4v) is 2.77. The van der Waals surface area contributed by atoms with Gasteiger partial charge in [-0.1, -0.05) is 17.7 Å². The lowest BCUT2D eigenvalue weighted by Crippen LogP contribution is -2.45. The van der Waals surface area contributed by atoms with Gasteiger partial charge < -0.3 is 20.5 Å². The number of amides is 1. The minimum Gasteiger partial charge on any atom is -0.480 e. The van der Waals surface area contributed by atoms with Crippen molar-refractivity contribution < 1.29 is 19.4 Å². The zero-order valence-corrected chi connectivity index (χ0v) is 15.0. The van der Waals surface area contributed by atoms with Crippen LogP contribution in [0.2, 0.25) is 5.02 Å². The molecule has 2 rings (SSSR count). The van der Waals surface area contributed by atoms with E-state index in [-0.39, 0.29) is 12.3 Å². The molecule has 1 aromatic carbocycles. The Hall–Kier alpha value is -1.67. The Morgan fingerprint density at radius 2 is 2.08 bits per heavy atom. The maximum absolute atomic E-state index is 12.2. The number of carbonyl (C=O) groups is 2.